The number of hydrogen-bond donors (Lipinski definition) is 2. The Morgan fingerprint density at radius 1 is 1.11 bits per heavy atom. The predicted octanol–water partition coefficient (Wildman–Crippen LogP) is 1.72. The molecule has 152 valence electrons. The molecule has 3 rings (SSSR count). The second-order valence-corrected chi connectivity index (χ2v) is 7.57. The van der Waals surface area contributed by atoms with Gasteiger partial charge in [0.2, 0.25) is 17.7 Å². The van der Waals surface area contributed by atoms with Crippen molar-refractivity contribution in [2.45, 2.75) is 45.1 Å². The molecule has 1 aromatic rings. The highest BCUT2D eigenvalue weighted by Gasteiger charge is 2.25. The van der Waals surface area contributed by atoms with Crippen LogP contribution in [0.3, 0.4) is 0 Å². The molecular formula is C21H29N3O4. The Morgan fingerprint density at radius 3 is 2.39 bits per heavy atom. The van der Waals surface area contributed by atoms with Crippen LogP contribution in [-0.2, 0) is 25.5 Å². The van der Waals surface area contributed by atoms with Gasteiger partial charge in [-0.3, -0.25) is 14.4 Å². The first-order chi connectivity index (χ1) is 13.5. The lowest BCUT2D eigenvalue weighted by Crippen LogP contribution is -2.43. The molecule has 2 N–H and O–H groups in total. The lowest BCUT2D eigenvalue weighted by molar-refractivity contribution is -0.134. The fourth-order valence-electron chi connectivity index (χ4n) is 3.64. The average Bonchev–Trinajstić information content (AvgIpc) is 3.25. The quantitative estimate of drug-likeness (QED) is 0.778. The monoisotopic (exact) mass is 387 g/mol. The summed E-state index contributed by atoms with van der Waals surface area (Å²) in [6.45, 7) is 4.14. The Balaban J connectivity index is 1.46. The molecular weight excluding hydrogens is 358 g/mol. The summed E-state index contributed by atoms with van der Waals surface area (Å²) < 4.78 is 5.26. The van der Waals surface area contributed by atoms with Gasteiger partial charge >= 0.3 is 0 Å². The third-order valence-corrected chi connectivity index (χ3v) is 5.42. The topological polar surface area (TPSA) is 87.7 Å². The van der Waals surface area contributed by atoms with Gasteiger partial charge in [-0.2, -0.15) is 0 Å². The summed E-state index contributed by atoms with van der Waals surface area (Å²) in [6.07, 6.45) is 4.32. The maximum Gasteiger partial charge on any atom is 0.246 e. The van der Waals surface area contributed by atoms with E-state index in [1.807, 2.05) is 17.0 Å². The number of nitrogens with one attached hydrogen (secondary N) is 2. The minimum atomic E-state index is -0.587. The van der Waals surface area contributed by atoms with E-state index in [-0.39, 0.29) is 23.6 Å². The molecule has 1 aromatic carbocycles. The van der Waals surface area contributed by atoms with Gasteiger partial charge in [-0.05, 0) is 37.5 Å². The molecule has 2 aliphatic rings. The van der Waals surface area contributed by atoms with E-state index in [0.29, 0.717) is 38.4 Å². The van der Waals surface area contributed by atoms with E-state index < -0.39 is 6.04 Å². The molecule has 1 saturated carbocycles. The molecule has 28 heavy (non-hydrogen) atoms. The number of morpholine rings is 1. The van der Waals surface area contributed by atoms with Crippen molar-refractivity contribution in [2.24, 2.45) is 5.92 Å². The standard InChI is InChI=1S/C21H29N3O4/c1-15(22-21(27)17-4-2-3-5-17)20(26)23-18-8-6-16(7-9-18)14-19(25)24-10-12-28-13-11-24/h6-9,15,17H,2-5,10-14H2,1H3,(H,22,27)(H,23,26). The molecule has 1 unspecified atom stereocenters. The van der Waals surface area contributed by atoms with Crippen LogP contribution in [0.4, 0.5) is 5.69 Å². The summed E-state index contributed by atoms with van der Waals surface area (Å²) in [7, 11) is 0. The van der Waals surface area contributed by atoms with Crippen molar-refractivity contribution in [3.05, 3.63) is 29.8 Å². The van der Waals surface area contributed by atoms with E-state index in [1.165, 1.54) is 0 Å². The molecule has 1 aliphatic heterocycles. The number of hydrogen-bond acceptors (Lipinski definition) is 4. The summed E-state index contributed by atoms with van der Waals surface area (Å²) in [4.78, 5) is 38.6. The summed E-state index contributed by atoms with van der Waals surface area (Å²) in [5.74, 6) is -0.150. The molecule has 1 aliphatic carbocycles. The Morgan fingerprint density at radius 2 is 1.75 bits per heavy atom. The van der Waals surface area contributed by atoms with E-state index >= 15 is 0 Å². The zero-order valence-electron chi connectivity index (χ0n) is 16.4. The molecule has 7 heteroatoms. The number of amides is 3. The van der Waals surface area contributed by atoms with Crippen molar-refractivity contribution in [1.29, 1.82) is 0 Å². The van der Waals surface area contributed by atoms with Gasteiger partial charge in [0.1, 0.15) is 6.04 Å². The van der Waals surface area contributed by atoms with Crippen molar-refractivity contribution in [2.75, 3.05) is 31.6 Å². The highest BCUT2D eigenvalue weighted by molar-refractivity contribution is 5.97. The van der Waals surface area contributed by atoms with Crippen LogP contribution in [0.15, 0.2) is 24.3 Å². The van der Waals surface area contributed by atoms with E-state index in [4.69, 9.17) is 4.74 Å². The smallest absolute Gasteiger partial charge is 0.246 e. The minimum absolute atomic E-state index is 0.0304. The maximum absolute atomic E-state index is 12.3. The Hall–Kier alpha value is -2.41. The van der Waals surface area contributed by atoms with Crippen molar-refractivity contribution in [3.63, 3.8) is 0 Å². The van der Waals surface area contributed by atoms with Gasteiger partial charge in [0.25, 0.3) is 0 Å². The number of nitrogens with zero attached hydrogens (tertiary/aromatic N) is 1. The van der Waals surface area contributed by atoms with Crippen LogP contribution in [0.5, 0.6) is 0 Å². The number of rotatable bonds is 6. The van der Waals surface area contributed by atoms with Gasteiger partial charge in [-0.15, -0.1) is 0 Å². The van der Waals surface area contributed by atoms with Crippen molar-refractivity contribution in [3.8, 4) is 0 Å². The van der Waals surface area contributed by atoms with Crippen molar-refractivity contribution >= 4 is 23.4 Å². The molecule has 0 spiro atoms. The van der Waals surface area contributed by atoms with E-state index in [1.54, 1.807) is 19.1 Å². The minimum Gasteiger partial charge on any atom is -0.378 e. The van der Waals surface area contributed by atoms with Crippen LogP contribution >= 0.6 is 0 Å². The van der Waals surface area contributed by atoms with Gasteiger partial charge < -0.3 is 20.3 Å². The predicted molar refractivity (Wildman–Crippen MR) is 106 cm³/mol. The summed E-state index contributed by atoms with van der Waals surface area (Å²) in [5.41, 5.74) is 1.55. The van der Waals surface area contributed by atoms with Crippen LogP contribution in [0.25, 0.3) is 0 Å². The molecule has 7 nitrogen and oxygen atoms in total. The molecule has 1 atom stereocenters. The van der Waals surface area contributed by atoms with Crippen LogP contribution in [0, 0.1) is 5.92 Å². The van der Waals surface area contributed by atoms with Crippen LogP contribution in [-0.4, -0.2) is 55.0 Å². The highest BCUT2D eigenvalue weighted by atomic mass is 16.5. The van der Waals surface area contributed by atoms with Crippen LogP contribution < -0.4 is 10.6 Å². The Kier molecular flexibility index (Phi) is 7.03. The number of anilines is 1. The second kappa shape index (κ2) is 9.68. The molecule has 0 aromatic heterocycles. The van der Waals surface area contributed by atoms with Gasteiger partial charge in [0.05, 0.1) is 19.6 Å². The molecule has 2 fully saturated rings. The SMILES string of the molecule is CC(NC(=O)C1CCCC1)C(=O)Nc1ccc(CC(=O)N2CCOCC2)cc1. The number of benzene rings is 1. The highest BCUT2D eigenvalue weighted by Crippen LogP contribution is 2.24. The zero-order chi connectivity index (χ0) is 19.9. The normalized spacial score (nSPS) is 18.5. The largest absolute Gasteiger partial charge is 0.378 e. The molecule has 0 radical (unpaired) electrons. The third kappa shape index (κ3) is 5.55. The average molecular weight is 387 g/mol. The van der Waals surface area contributed by atoms with Gasteiger partial charge in [0, 0.05) is 24.7 Å². The molecule has 1 saturated heterocycles. The van der Waals surface area contributed by atoms with E-state index in [9.17, 15) is 14.4 Å². The number of ether oxygens (including phenoxy) is 1. The Labute approximate surface area is 165 Å². The number of carbonyl (C=O) groups is 3. The van der Waals surface area contributed by atoms with Gasteiger partial charge in [-0.1, -0.05) is 25.0 Å². The lowest BCUT2D eigenvalue weighted by atomic mass is 10.1. The zero-order valence-corrected chi connectivity index (χ0v) is 16.4. The molecule has 3 amide bonds. The van der Waals surface area contributed by atoms with Gasteiger partial charge in [0.15, 0.2) is 0 Å². The van der Waals surface area contributed by atoms with Crippen LogP contribution in [0.2, 0.25) is 0 Å². The molecule has 0 bridgehead atoms. The Bertz CT molecular complexity index is 692. The summed E-state index contributed by atoms with van der Waals surface area (Å²) in [6, 6.07) is 6.66. The lowest BCUT2D eigenvalue weighted by Gasteiger charge is -2.26. The maximum atomic E-state index is 12.3. The first-order valence-electron chi connectivity index (χ1n) is 10.1. The van der Waals surface area contributed by atoms with Crippen molar-refractivity contribution in [1.82, 2.24) is 10.2 Å². The fourth-order valence-corrected chi connectivity index (χ4v) is 3.64. The first-order valence-corrected chi connectivity index (χ1v) is 10.1. The summed E-state index contributed by atoms with van der Waals surface area (Å²) in [5, 5.41) is 5.62. The van der Waals surface area contributed by atoms with E-state index in [0.717, 1.165) is 31.2 Å². The van der Waals surface area contributed by atoms with E-state index in [2.05, 4.69) is 10.6 Å². The number of carbonyl (C=O) groups excluding carboxylic acids is 3. The first kappa shape index (κ1) is 20.3. The van der Waals surface area contributed by atoms with Crippen molar-refractivity contribution < 1.29 is 19.1 Å². The third-order valence-electron chi connectivity index (χ3n) is 5.42. The summed E-state index contributed by atoms with van der Waals surface area (Å²) >= 11 is 0. The van der Waals surface area contributed by atoms with Crippen LogP contribution in [0.1, 0.15) is 38.2 Å². The van der Waals surface area contributed by atoms with Gasteiger partial charge in [-0.25, -0.2) is 0 Å². The fraction of sp³-hybridized carbons (Fsp3) is 0.571. The molecule has 1 heterocycles. The second-order valence-electron chi connectivity index (χ2n) is 7.57.